The largest absolute Gasteiger partial charge is 0.633 e. The highest BCUT2D eigenvalue weighted by Gasteiger charge is 2.33. The zero-order chi connectivity index (χ0) is 18.7. The van der Waals surface area contributed by atoms with E-state index in [1.54, 1.807) is 0 Å². The van der Waals surface area contributed by atoms with Gasteiger partial charge in [-0.2, -0.15) is 0 Å². The van der Waals surface area contributed by atoms with Crippen LogP contribution in [-0.4, -0.2) is 47.7 Å². The highest BCUT2D eigenvalue weighted by molar-refractivity contribution is 6.42. The summed E-state index contributed by atoms with van der Waals surface area (Å²) >= 11 is 12.1. The van der Waals surface area contributed by atoms with Crippen molar-refractivity contribution in [3.05, 3.63) is 39.0 Å². The number of likely N-dealkylation sites (tertiary alicyclic amines) is 2. The first-order valence-electron chi connectivity index (χ1n) is 9.69. The van der Waals surface area contributed by atoms with Crippen molar-refractivity contribution in [2.24, 2.45) is 0 Å². The molecule has 1 aromatic carbocycles. The molecule has 0 aromatic heterocycles. The van der Waals surface area contributed by atoms with Crippen molar-refractivity contribution in [3.8, 4) is 0 Å². The first-order valence-corrected chi connectivity index (χ1v) is 10.4. The topological polar surface area (TPSA) is 43.4 Å². The van der Waals surface area contributed by atoms with Crippen molar-refractivity contribution in [1.29, 1.82) is 0 Å². The number of rotatable bonds is 5. The number of halogens is 2. The van der Waals surface area contributed by atoms with Crippen LogP contribution in [0, 0.1) is 5.21 Å². The lowest BCUT2D eigenvalue weighted by Gasteiger charge is -2.50. The number of amides is 1. The second-order valence-electron chi connectivity index (χ2n) is 7.87. The highest BCUT2D eigenvalue weighted by atomic mass is 35.5. The van der Waals surface area contributed by atoms with Gasteiger partial charge in [-0.05, 0) is 36.5 Å². The summed E-state index contributed by atoms with van der Waals surface area (Å²) in [5.74, 6) is 0.551. The molecule has 0 N–H and O–H groups in total. The fourth-order valence-corrected chi connectivity index (χ4v) is 4.49. The summed E-state index contributed by atoms with van der Waals surface area (Å²) in [6, 6.07) is 5.98. The van der Waals surface area contributed by atoms with Crippen LogP contribution in [0.25, 0.3) is 0 Å². The van der Waals surface area contributed by atoms with Gasteiger partial charge < -0.3 is 14.8 Å². The minimum Gasteiger partial charge on any atom is -0.633 e. The molecule has 0 radical (unpaired) electrons. The number of piperidine rings is 2. The Labute approximate surface area is 166 Å². The molecule has 0 spiro atoms. The average Bonchev–Trinajstić information content (AvgIpc) is 2.63. The van der Waals surface area contributed by atoms with Crippen LogP contribution in [0.5, 0.6) is 0 Å². The first kappa shape index (κ1) is 19.9. The molecule has 1 atom stereocenters. The zero-order valence-corrected chi connectivity index (χ0v) is 16.9. The molecule has 0 saturated carbocycles. The summed E-state index contributed by atoms with van der Waals surface area (Å²) in [5.41, 5.74) is 1.12. The summed E-state index contributed by atoms with van der Waals surface area (Å²) in [4.78, 5) is 14.1. The van der Waals surface area contributed by atoms with Crippen molar-refractivity contribution in [2.75, 3.05) is 26.2 Å². The van der Waals surface area contributed by atoms with Gasteiger partial charge >= 0.3 is 0 Å². The molecule has 2 aliphatic heterocycles. The van der Waals surface area contributed by atoms with Gasteiger partial charge in [0.25, 0.3) is 0 Å². The number of carbonyl (C=O) groups is 1. The standard InChI is InChI=1S/C20H28Cl2N2O2/c1-15(16-5-6-18(21)19(22)14-16)7-11-24(26)12-8-17(9-13-24)23-10-3-2-4-20(23)25/h5-6,14-15,17H,2-4,7-13H2,1H3. The Morgan fingerprint density at radius 3 is 2.62 bits per heavy atom. The van der Waals surface area contributed by atoms with Gasteiger partial charge in [-0.3, -0.25) is 4.79 Å². The van der Waals surface area contributed by atoms with Gasteiger partial charge in [-0.1, -0.05) is 36.2 Å². The fourth-order valence-electron chi connectivity index (χ4n) is 4.19. The Balaban J connectivity index is 1.51. The first-order chi connectivity index (χ1) is 12.4. The summed E-state index contributed by atoms with van der Waals surface area (Å²) in [5, 5.41) is 14.2. The number of hydroxylamine groups is 3. The van der Waals surface area contributed by atoms with Crippen LogP contribution in [0.3, 0.4) is 0 Å². The fraction of sp³-hybridized carbons (Fsp3) is 0.650. The van der Waals surface area contributed by atoms with Gasteiger partial charge in [-0.25, -0.2) is 0 Å². The summed E-state index contributed by atoms with van der Waals surface area (Å²) in [6.07, 6.45) is 5.27. The van der Waals surface area contributed by atoms with Crippen LogP contribution in [0.2, 0.25) is 10.0 Å². The van der Waals surface area contributed by atoms with E-state index in [9.17, 15) is 10.0 Å². The smallest absolute Gasteiger partial charge is 0.222 e. The molecule has 2 aliphatic rings. The summed E-state index contributed by atoms with van der Waals surface area (Å²) < 4.78 is -0.135. The van der Waals surface area contributed by atoms with Gasteiger partial charge in [0.1, 0.15) is 0 Å². The van der Waals surface area contributed by atoms with E-state index in [0.29, 0.717) is 36.1 Å². The maximum Gasteiger partial charge on any atom is 0.222 e. The monoisotopic (exact) mass is 398 g/mol. The molecule has 2 heterocycles. The molecule has 2 saturated heterocycles. The SMILES string of the molecule is CC(CC[N+]1([O-])CCC(N2CCCCC2=O)CC1)c1ccc(Cl)c(Cl)c1. The lowest BCUT2D eigenvalue weighted by atomic mass is 9.95. The third-order valence-corrected chi connectivity index (χ3v) is 6.76. The van der Waals surface area contributed by atoms with Crippen LogP contribution in [0.4, 0.5) is 0 Å². The molecule has 0 bridgehead atoms. The van der Waals surface area contributed by atoms with E-state index in [0.717, 1.165) is 44.2 Å². The predicted octanol–water partition coefficient (Wildman–Crippen LogP) is 4.98. The van der Waals surface area contributed by atoms with Gasteiger partial charge in [0.2, 0.25) is 5.91 Å². The maximum atomic E-state index is 13.1. The van der Waals surface area contributed by atoms with Crippen LogP contribution in [0.15, 0.2) is 18.2 Å². The lowest BCUT2D eigenvalue weighted by molar-refractivity contribution is -0.886. The van der Waals surface area contributed by atoms with Gasteiger partial charge in [0, 0.05) is 38.3 Å². The number of hydrogen-bond acceptors (Lipinski definition) is 2. The highest BCUT2D eigenvalue weighted by Crippen LogP contribution is 2.30. The predicted molar refractivity (Wildman–Crippen MR) is 106 cm³/mol. The molecule has 26 heavy (non-hydrogen) atoms. The third-order valence-electron chi connectivity index (χ3n) is 6.02. The van der Waals surface area contributed by atoms with E-state index >= 15 is 0 Å². The molecule has 1 aromatic rings. The Kier molecular flexibility index (Phi) is 6.50. The third kappa shape index (κ3) is 4.72. The van der Waals surface area contributed by atoms with Crippen LogP contribution in [-0.2, 0) is 4.79 Å². The van der Waals surface area contributed by atoms with E-state index in [2.05, 4.69) is 6.92 Å². The number of hydrogen-bond donors (Lipinski definition) is 0. The maximum absolute atomic E-state index is 13.1. The van der Waals surface area contributed by atoms with Crippen LogP contribution < -0.4 is 0 Å². The van der Waals surface area contributed by atoms with Gasteiger partial charge in [0.15, 0.2) is 0 Å². The molecule has 3 rings (SSSR count). The average molecular weight is 399 g/mol. The molecule has 4 nitrogen and oxygen atoms in total. The Bertz CT molecular complexity index is 645. The van der Waals surface area contributed by atoms with E-state index in [4.69, 9.17) is 23.2 Å². The van der Waals surface area contributed by atoms with Crippen molar-refractivity contribution >= 4 is 29.1 Å². The van der Waals surface area contributed by atoms with Crippen LogP contribution in [0.1, 0.15) is 56.9 Å². The van der Waals surface area contributed by atoms with Crippen LogP contribution >= 0.6 is 23.2 Å². The van der Waals surface area contributed by atoms with Crippen molar-refractivity contribution in [2.45, 2.75) is 57.4 Å². The van der Waals surface area contributed by atoms with E-state index in [1.165, 1.54) is 0 Å². The molecule has 2 fully saturated rings. The number of carbonyl (C=O) groups excluding carboxylic acids is 1. The normalized spacial score (nSPS) is 28.2. The van der Waals surface area contributed by atoms with Gasteiger partial charge in [-0.15, -0.1) is 0 Å². The Morgan fingerprint density at radius 1 is 1.23 bits per heavy atom. The van der Waals surface area contributed by atoms with E-state index in [-0.39, 0.29) is 22.5 Å². The van der Waals surface area contributed by atoms with Crippen molar-refractivity contribution in [3.63, 3.8) is 0 Å². The summed E-state index contributed by atoms with van der Waals surface area (Å²) in [6.45, 7) is 4.84. The minimum atomic E-state index is -0.135. The molecule has 1 unspecified atom stereocenters. The van der Waals surface area contributed by atoms with E-state index in [1.807, 2.05) is 23.1 Å². The van der Waals surface area contributed by atoms with E-state index < -0.39 is 0 Å². The molecule has 144 valence electrons. The minimum absolute atomic E-state index is 0.135. The lowest BCUT2D eigenvalue weighted by Crippen LogP contribution is -2.55. The molecular formula is C20H28Cl2N2O2. The molecule has 6 heteroatoms. The zero-order valence-electron chi connectivity index (χ0n) is 15.4. The van der Waals surface area contributed by atoms with Crippen molar-refractivity contribution in [1.82, 2.24) is 4.90 Å². The quantitative estimate of drug-likeness (QED) is 0.518. The number of nitrogens with zero attached hydrogens (tertiary/aromatic N) is 2. The molecule has 0 aliphatic carbocycles. The summed E-state index contributed by atoms with van der Waals surface area (Å²) in [7, 11) is 0. The Hall–Kier alpha value is -0.810. The van der Waals surface area contributed by atoms with Crippen molar-refractivity contribution < 1.29 is 9.44 Å². The second-order valence-corrected chi connectivity index (χ2v) is 8.68. The number of benzene rings is 1. The van der Waals surface area contributed by atoms with Gasteiger partial charge in [0.05, 0.1) is 29.7 Å². The number of quaternary nitrogens is 1. The molecule has 1 amide bonds. The second kappa shape index (κ2) is 8.47. The molecular weight excluding hydrogens is 371 g/mol. The Morgan fingerprint density at radius 2 is 1.96 bits per heavy atom.